The van der Waals surface area contributed by atoms with Crippen LogP contribution in [0.5, 0.6) is 0 Å². The van der Waals surface area contributed by atoms with E-state index in [1.807, 2.05) is 0 Å². The molecule has 1 fully saturated rings. The summed E-state index contributed by atoms with van der Waals surface area (Å²) in [5.74, 6) is -32.8. The van der Waals surface area contributed by atoms with Crippen LogP contribution in [-0.4, -0.2) is 47.4 Å². The van der Waals surface area contributed by atoms with E-state index in [9.17, 15) is 70.2 Å². The minimum Gasteiger partial charge on any atom is -0.220 e. The minimum atomic E-state index is -8.38. The van der Waals surface area contributed by atoms with Crippen LogP contribution in [0.25, 0.3) is 0 Å². The summed E-state index contributed by atoms with van der Waals surface area (Å²) in [6.45, 7) is 0. The van der Waals surface area contributed by atoms with Crippen molar-refractivity contribution in [3.8, 4) is 0 Å². The number of hydrogen-bond donors (Lipinski definition) is 0. The van der Waals surface area contributed by atoms with Gasteiger partial charge in [0, 0.05) is 0 Å². The zero-order chi connectivity index (χ0) is 20.0. The molecule has 144 valence electrons. The summed E-state index contributed by atoms with van der Waals surface area (Å²) < 4.78 is 203. The van der Waals surface area contributed by atoms with Gasteiger partial charge in [-0.3, -0.25) is 0 Å². The van der Waals surface area contributed by atoms with Crippen molar-refractivity contribution in [1.29, 1.82) is 0 Å². The number of alkyl halides is 16. The molecule has 0 spiro atoms. The quantitative estimate of drug-likeness (QED) is 0.498. The van der Waals surface area contributed by atoms with Crippen LogP contribution >= 0.6 is 0 Å². The zero-order valence-electron chi connectivity index (χ0n) is 10.0. The van der Waals surface area contributed by atoms with E-state index in [1.54, 1.807) is 0 Å². The lowest BCUT2D eigenvalue weighted by atomic mass is 9.66. The molecule has 1 rings (SSSR count). The topological polar surface area (TPSA) is 0 Å². The molecule has 0 N–H and O–H groups in total. The molecule has 0 aromatic carbocycles. The summed E-state index contributed by atoms with van der Waals surface area (Å²) in [5, 5.41) is 0. The van der Waals surface area contributed by atoms with Crippen molar-refractivity contribution in [2.45, 2.75) is 47.4 Å². The lowest BCUT2D eigenvalue weighted by Crippen LogP contribution is -2.90. The summed E-state index contributed by atoms with van der Waals surface area (Å²) in [5.41, 5.74) is -16.6. The first-order chi connectivity index (χ1) is 10.0. The molecular weight excluding hydrogens is 400 g/mol. The highest BCUT2D eigenvalue weighted by Crippen LogP contribution is 2.74. The van der Waals surface area contributed by atoms with Crippen LogP contribution in [0.15, 0.2) is 0 Å². The van der Waals surface area contributed by atoms with Crippen LogP contribution in [0.3, 0.4) is 0 Å². The first-order valence-electron chi connectivity index (χ1n) is 5.02. The summed E-state index contributed by atoms with van der Waals surface area (Å²) in [6.07, 6.45) is -16.0. The van der Waals surface area contributed by atoms with Gasteiger partial charge in [-0.2, -0.15) is 61.5 Å². The Morgan fingerprint density at radius 3 is 0.708 bits per heavy atom. The fraction of sp³-hybridized carbons (Fsp3) is 1.00. The van der Waals surface area contributed by atoms with Crippen LogP contribution in [0, 0.1) is 0 Å². The van der Waals surface area contributed by atoms with Crippen LogP contribution in [0.2, 0.25) is 0 Å². The van der Waals surface area contributed by atoms with Crippen molar-refractivity contribution in [3.05, 3.63) is 0 Å². The molecular formula is C8F16. The summed E-state index contributed by atoms with van der Waals surface area (Å²) in [6, 6.07) is 0. The molecule has 0 bridgehead atoms. The molecule has 16 heteroatoms. The third-order valence-corrected chi connectivity index (χ3v) is 3.30. The molecule has 0 heterocycles. The average molecular weight is 400 g/mol. The molecule has 0 amide bonds. The smallest absolute Gasteiger partial charge is 0.220 e. The van der Waals surface area contributed by atoms with Crippen molar-refractivity contribution in [1.82, 2.24) is 0 Å². The highest BCUT2D eigenvalue weighted by molar-refractivity contribution is 5.33. The number of hydrogen-bond acceptors (Lipinski definition) is 0. The Morgan fingerprint density at radius 2 is 0.542 bits per heavy atom. The fourth-order valence-corrected chi connectivity index (χ4v) is 1.97. The lowest BCUT2D eigenvalue weighted by Gasteiger charge is -2.55. The average Bonchev–Trinajstić information content (AvgIpc) is 2.31. The predicted molar refractivity (Wildman–Crippen MR) is 39.6 cm³/mol. The predicted octanol–water partition coefficient (Wildman–Crippen LogP) is 5.08. The van der Waals surface area contributed by atoms with Gasteiger partial charge in [0.2, 0.25) is 0 Å². The van der Waals surface area contributed by atoms with E-state index in [0.717, 1.165) is 0 Å². The van der Waals surface area contributed by atoms with Crippen LogP contribution in [0.1, 0.15) is 0 Å². The van der Waals surface area contributed by atoms with Crippen LogP contribution in [0.4, 0.5) is 70.2 Å². The van der Waals surface area contributed by atoms with E-state index in [4.69, 9.17) is 0 Å². The van der Waals surface area contributed by atoms with Crippen molar-refractivity contribution in [2.75, 3.05) is 0 Å². The molecule has 0 nitrogen and oxygen atoms in total. The zero-order valence-corrected chi connectivity index (χ0v) is 10.0. The Hall–Kier alpha value is -1.12. The van der Waals surface area contributed by atoms with Gasteiger partial charge >= 0.3 is 47.4 Å². The normalized spacial score (nSPS) is 38.0. The standard InChI is InChI=1S/C8F16/c9-1(7(19,20)21)3(11,12)2(10,8(22,23)24)5(15,16)6(17,18)4(1,13)14/t1-,2+. The van der Waals surface area contributed by atoms with Crippen molar-refractivity contribution < 1.29 is 70.2 Å². The van der Waals surface area contributed by atoms with Crippen LogP contribution in [-0.2, 0) is 0 Å². The van der Waals surface area contributed by atoms with E-state index in [2.05, 4.69) is 0 Å². The molecule has 1 aliphatic carbocycles. The Kier molecular flexibility index (Phi) is 3.78. The Morgan fingerprint density at radius 1 is 0.333 bits per heavy atom. The monoisotopic (exact) mass is 400 g/mol. The first-order valence-corrected chi connectivity index (χ1v) is 5.02. The maximum absolute atomic E-state index is 13.3. The maximum Gasteiger partial charge on any atom is 0.435 e. The van der Waals surface area contributed by atoms with Crippen molar-refractivity contribution in [3.63, 3.8) is 0 Å². The SMILES string of the molecule is FC1(F)C(F)(F)[C@](F)(C(F)(F)F)C(F)(F)[C@](F)(C(F)(F)F)C1(F)F. The van der Waals surface area contributed by atoms with Gasteiger partial charge in [0.25, 0.3) is 0 Å². The van der Waals surface area contributed by atoms with Gasteiger partial charge in [-0.15, -0.1) is 0 Å². The van der Waals surface area contributed by atoms with Gasteiger partial charge < -0.3 is 0 Å². The van der Waals surface area contributed by atoms with Gasteiger partial charge in [-0.1, -0.05) is 0 Å². The molecule has 2 atom stereocenters. The molecule has 0 radical (unpaired) electrons. The number of rotatable bonds is 0. The third-order valence-electron chi connectivity index (χ3n) is 3.30. The van der Waals surface area contributed by atoms with E-state index >= 15 is 0 Å². The fourth-order valence-electron chi connectivity index (χ4n) is 1.97. The summed E-state index contributed by atoms with van der Waals surface area (Å²) in [7, 11) is 0. The summed E-state index contributed by atoms with van der Waals surface area (Å²) in [4.78, 5) is 0. The molecule has 1 saturated carbocycles. The van der Waals surface area contributed by atoms with E-state index in [0.29, 0.717) is 0 Å². The Labute approximate surface area is 119 Å². The van der Waals surface area contributed by atoms with Gasteiger partial charge in [-0.25, -0.2) is 8.78 Å². The van der Waals surface area contributed by atoms with Gasteiger partial charge in [0.15, 0.2) is 0 Å². The Bertz CT molecular complexity index is 479. The summed E-state index contributed by atoms with van der Waals surface area (Å²) >= 11 is 0. The second-order valence-electron chi connectivity index (χ2n) is 4.61. The molecule has 0 aromatic rings. The first kappa shape index (κ1) is 20.9. The largest absolute Gasteiger partial charge is 0.435 e. The van der Waals surface area contributed by atoms with Gasteiger partial charge in [0.05, 0.1) is 0 Å². The maximum atomic E-state index is 13.3. The van der Waals surface area contributed by atoms with Crippen molar-refractivity contribution in [2.24, 2.45) is 0 Å². The Balaban J connectivity index is 4.14. The molecule has 0 aromatic heterocycles. The van der Waals surface area contributed by atoms with Crippen LogP contribution < -0.4 is 0 Å². The molecule has 0 aliphatic heterocycles. The highest BCUT2D eigenvalue weighted by atomic mass is 19.4. The van der Waals surface area contributed by atoms with Crippen molar-refractivity contribution >= 4 is 0 Å². The molecule has 0 unspecified atom stereocenters. The molecule has 24 heavy (non-hydrogen) atoms. The van der Waals surface area contributed by atoms with Gasteiger partial charge in [-0.05, 0) is 0 Å². The van der Waals surface area contributed by atoms with Gasteiger partial charge in [0.1, 0.15) is 0 Å². The molecule has 1 aliphatic rings. The van der Waals surface area contributed by atoms with E-state index in [-0.39, 0.29) is 0 Å². The van der Waals surface area contributed by atoms with E-state index < -0.39 is 47.4 Å². The second kappa shape index (κ2) is 4.34. The highest BCUT2D eigenvalue weighted by Gasteiger charge is 3.08. The molecule has 0 saturated heterocycles. The minimum absolute atomic E-state index is 8.00. The number of halogens is 16. The van der Waals surface area contributed by atoms with E-state index in [1.165, 1.54) is 0 Å². The lowest BCUT2D eigenvalue weighted by molar-refractivity contribution is -0.523. The second-order valence-corrected chi connectivity index (χ2v) is 4.61. The third kappa shape index (κ3) is 1.64.